The first kappa shape index (κ1) is 22.6. The van der Waals surface area contributed by atoms with Crippen molar-refractivity contribution in [3.05, 3.63) is 28.8 Å². The number of carbonyl (C=O) groups excluding carboxylic acids is 2. The highest BCUT2D eigenvalue weighted by Crippen LogP contribution is 2.24. The van der Waals surface area contributed by atoms with E-state index in [1.54, 1.807) is 12.1 Å². The van der Waals surface area contributed by atoms with E-state index in [0.717, 1.165) is 9.60 Å². The standard InChI is InChI=1S/C21H27N3O4S/c1-20(2,3)12-27-18(25)24(19(26)28-13-21(4,5)6)11-14-7-8-15-16(9-14)29-17(10-22)23-15/h7-9H,11-13H2,1-6H3. The van der Waals surface area contributed by atoms with E-state index in [-0.39, 0.29) is 30.6 Å². The lowest BCUT2D eigenvalue weighted by atomic mass is 9.99. The highest BCUT2D eigenvalue weighted by Gasteiger charge is 2.28. The average molecular weight is 418 g/mol. The number of amides is 2. The van der Waals surface area contributed by atoms with Crippen molar-refractivity contribution in [2.45, 2.75) is 48.1 Å². The quantitative estimate of drug-likeness (QED) is 0.667. The molecule has 2 aromatic rings. The third-order valence-electron chi connectivity index (χ3n) is 3.59. The lowest BCUT2D eigenvalue weighted by Crippen LogP contribution is -2.39. The molecule has 0 atom stereocenters. The zero-order chi connectivity index (χ0) is 21.8. The van der Waals surface area contributed by atoms with Gasteiger partial charge in [0.05, 0.1) is 30.0 Å². The first-order valence-corrected chi connectivity index (χ1v) is 10.1. The fraction of sp³-hybridized carbons (Fsp3) is 0.524. The number of rotatable bonds is 4. The fourth-order valence-corrected chi connectivity index (χ4v) is 3.04. The number of hydrogen-bond acceptors (Lipinski definition) is 7. The summed E-state index contributed by atoms with van der Waals surface area (Å²) in [7, 11) is 0. The van der Waals surface area contributed by atoms with Gasteiger partial charge in [0.25, 0.3) is 0 Å². The second-order valence-corrected chi connectivity index (χ2v) is 10.3. The molecular weight excluding hydrogens is 390 g/mol. The van der Waals surface area contributed by atoms with E-state index in [9.17, 15) is 9.59 Å². The van der Waals surface area contributed by atoms with Crippen LogP contribution in [0.25, 0.3) is 10.2 Å². The van der Waals surface area contributed by atoms with Crippen LogP contribution in [-0.4, -0.2) is 35.3 Å². The van der Waals surface area contributed by atoms with E-state index in [1.165, 1.54) is 11.3 Å². The molecule has 0 aliphatic heterocycles. The summed E-state index contributed by atoms with van der Waals surface area (Å²) < 4.78 is 11.5. The number of ether oxygens (including phenoxy) is 2. The van der Waals surface area contributed by atoms with Crippen LogP contribution in [0.2, 0.25) is 0 Å². The molecule has 0 fully saturated rings. The van der Waals surface area contributed by atoms with Gasteiger partial charge in [0.15, 0.2) is 5.01 Å². The smallest absolute Gasteiger partial charge is 0.419 e. The van der Waals surface area contributed by atoms with Crippen molar-refractivity contribution < 1.29 is 19.1 Å². The van der Waals surface area contributed by atoms with E-state index in [0.29, 0.717) is 16.1 Å². The van der Waals surface area contributed by atoms with Crippen molar-refractivity contribution in [2.24, 2.45) is 10.8 Å². The van der Waals surface area contributed by atoms with Gasteiger partial charge in [0, 0.05) is 0 Å². The number of imide groups is 1. The Morgan fingerprint density at radius 3 is 2.10 bits per heavy atom. The molecular formula is C21H27N3O4S. The molecule has 0 saturated heterocycles. The summed E-state index contributed by atoms with van der Waals surface area (Å²) in [5.74, 6) is 0. The molecule has 0 aliphatic carbocycles. The van der Waals surface area contributed by atoms with Gasteiger partial charge in [-0.2, -0.15) is 5.26 Å². The molecule has 0 aliphatic rings. The number of benzene rings is 1. The summed E-state index contributed by atoms with van der Waals surface area (Å²) in [5, 5.41) is 9.38. The number of carbonyl (C=O) groups is 2. The summed E-state index contributed by atoms with van der Waals surface area (Å²) in [6, 6.07) is 7.37. The van der Waals surface area contributed by atoms with Crippen molar-refractivity contribution in [3.8, 4) is 6.07 Å². The Kier molecular flexibility index (Phi) is 6.85. The van der Waals surface area contributed by atoms with Gasteiger partial charge in [0.1, 0.15) is 6.07 Å². The highest BCUT2D eigenvalue weighted by atomic mass is 32.1. The predicted octanol–water partition coefficient (Wildman–Crippen LogP) is 5.34. The number of hydrogen-bond donors (Lipinski definition) is 0. The van der Waals surface area contributed by atoms with Crippen LogP contribution in [0.15, 0.2) is 18.2 Å². The normalized spacial score (nSPS) is 11.8. The molecule has 8 heteroatoms. The molecule has 29 heavy (non-hydrogen) atoms. The zero-order valence-corrected chi connectivity index (χ0v) is 18.6. The summed E-state index contributed by atoms with van der Waals surface area (Å²) >= 11 is 1.26. The van der Waals surface area contributed by atoms with E-state index in [4.69, 9.17) is 14.7 Å². The van der Waals surface area contributed by atoms with Crippen molar-refractivity contribution in [1.82, 2.24) is 9.88 Å². The van der Waals surface area contributed by atoms with Crippen LogP contribution in [0.5, 0.6) is 0 Å². The van der Waals surface area contributed by atoms with Crippen LogP contribution in [-0.2, 0) is 16.0 Å². The number of fused-ring (bicyclic) bond motifs is 1. The highest BCUT2D eigenvalue weighted by molar-refractivity contribution is 7.19. The Labute approximate surface area is 175 Å². The van der Waals surface area contributed by atoms with E-state index >= 15 is 0 Å². The van der Waals surface area contributed by atoms with Crippen LogP contribution >= 0.6 is 11.3 Å². The molecule has 156 valence electrons. The molecule has 1 aromatic carbocycles. The monoisotopic (exact) mass is 417 g/mol. The molecule has 0 N–H and O–H groups in total. The second-order valence-electron chi connectivity index (χ2n) is 9.25. The maximum absolute atomic E-state index is 12.6. The van der Waals surface area contributed by atoms with E-state index in [1.807, 2.05) is 53.7 Å². The zero-order valence-electron chi connectivity index (χ0n) is 17.7. The summed E-state index contributed by atoms with van der Waals surface area (Å²) in [4.78, 5) is 30.4. The lowest BCUT2D eigenvalue weighted by molar-refractivity contribution is 0.0459. The van der Waals surface area contributed by atoms with Gasteiger partial charge in [-0.15, -0.1) is 11.3 Å². The van der Waals surface area contributed by atoms with E-state index < -0.39 is 12.2 Å². The predicted molar refractivity (Wildman–Crippen MR) is 111 cm³/mol. The van der Waals surface area contributed by atoms with Crippen LogP contribution < -0.4 is 0 Å². The summed E-state index contributed by atoms with van der Waals surface area (Å²) in [6.45, 7) is 12.0. The van der Waals surface area contributed by atoms with Gasteiger partial charge < -0.3 is 9.47 Å². The molecule has 0 spiro atoms. The largest absolute Gasteiger partial charge is 0.448 e. The fourth-order valence-electron chi connectivity index (χ4n) is 2.21. The minimum absolute atomic E-state index is 0.00167. The number of thiazole rings is 1. The second kappa shape index (κ2) is 8.78. The van der Waals surface area contributed by atoms with Crippen molar-refractivity contribution in [1.29, 1.82) is 5.26 Å². The van der Waals surface area contributed by atoms with Crippen LogP contribution in [0, 0.1) is 22.2 Å². The molecule has 1 aromatic heterocycles. The van der Waals surface area contributed by atoms with Crippen molar-refractivity contribution >= 4 is 33.7 Å². The SMILES string of the molecule is CC(C)(C)COC(=O)N(Cc1ccc2nc(C#N)sc2c1)C(=O)OCC(C)(C)C. The Morgan fingerprint density at radius 2 is 1.62 bits per heavy atom. The number of aromatic nitrogens is 1. The van der Waals surface area contributed by atoms with Crippen LogP contribution in [0.1, 0.15) is 52.1 Å². The average Bonchev–Trinajstić information content (AvgIpc) is 3.03. The molecule has 7 nitrogen and oxygen atoms in total. The summed E-state index contributed by atoms with van der Waals surface area (Å²) in [5.41, 5.74) is 0.955. The Balaban J connectivity index is 2.22. The van der Waals surface area contributed by atoms with Gasteiger partial charge in [0.2, 0.25) is 0 Å². The van der Waals surface area contributed by atoms with E-state index in [2.05, 4.69) is 4.98 Å². The molecule has 2 rings (SSSR count). The van der Waals surface area contributed by atoms with Gasteiger partial charge in [-0.05, 0) is 28.5 Å². The van der Waals surface area contributed by atoms with Crippen molar-refractivity contribution in [3.63, 3.8) is 0 Å². The van der Waals surface area contributed by atoms with Gasteiger partial charge >= 0.3 is 12.2 Å². The minimum Gasteiger partial charge on any atom is -0.448 e. The van der Waals surface area contributed by atoms with Crippen molar-refractivity contribution in [2.75, 3.05) is 13.2 Å². The minimum atomic E-state index is -0.749. The summed E-state index contributed by atoms with van der Waals surface area (Å²) in [6.07, 6.45) is -1.50. The molecule has 0 radical (unpaired) electrons. The Bertz CT molecular complexity index is 902. The maximum atomic E-state index is 12.6. The van der Waals surface area contributed by atoms with Crippen LogP contribution in [0.4, 0.5) is 9.59 Å². The third kappa shape index (κ3) is 7.02. The van der Waals surface area contributed by atoms with Gasteiger partial charge in [-0.25, -0.2) is 19.5 Å². The lowest BCUT2D eigenvalue weighted by Gasteiger charge is -2.25. The molecule has 1 heterocycles. The topological polar surface area (TPSA) is 92.5 Å². The van der Waals surface area contributed by atoms with Gasteiger partial charge in [-0.1, -0.05) is 47.6 Å². The third-order valence-corrected chi connectivity index (χ3v) is 4.51. The Morgan fingerprint density at radius 1 is 1.07 bits per heavy atom. The Hall–Kier alpha value is -2.66. The first-order chi connectivity index (χ1) is 13.4. The molecule has 0 saturated carbocycles. The molecule has 0 bridgehead atoms. The number of nitrogens with zero attached hydrogens (tertiary/aromatic N) is 3. The number of nitriles is 1. The van der Waals surface area contributed by atoms with Gasteiger partial charge in [-0.3, -0.25) is 0 Å². The first-order valence-electron chi connectivity index (χ1n) is 9.29. The molecule has 0 unspecified atom stereocenters. The van der Waals surface area contributed by atoms with Crippen LogP contribution in [0.3, 0.4) is 0 Å². The molecule has 2 amide bonds. The maximum Gasteiger partial charge on any atom is 0.419 e.